The monoisotopic (exact) mass is 451 g/mol. The second-order valence-electron chi connectivity index (χ2n) is 7.64. The van der Waals surface area contributed by atoms with Gasteiger partial charge in [-0.05, 0) is 50.2 Å². The van der Waals surface area contributed by atoms with Crippen molar-refractivity contribution >= 4 is 22.9 Å². The molecule has 1 amide bonds. The maximum atomic E-state index is 13.7. The van der Waals surface area contributed by atoms with Crippen LogP contribution >= 0.6 is 11.3 Å². The summed E-state index contributed by atoms with van der Waals surface area (Å²) in [6, 6.07) is 17.7. The standard InChI is InChI=1S/C25H29N3O3S/c1-3-31-22-11-9-20(10-12-22)24-26-19(2)23(32-24)25(29)28(21-7-5-4-6-8-21)14-13-27-15-17-30-18-16-27/h4-12H,3,13-18H2,1-2H3. The maximum absolute atomic E-state index is 13.7. The minimum atomic E-state index is -0.00311. The summed E-state index contributed by atoms with van der Waals surface area (Å²) < 4.78 is 11.0. The van der Waals surface area contributed by atoms with Crippen molar-refractivity contribution < 1.29 is 14.3 Å². The lowest BCUT2D eigenvalue weighted by Gasteiger charge is -2.30. The molecule has 1 fully saturated rings. The highest BCUT2D eigenvalue weighted by Crippen LogP contribution is 2.31. The van der Waals surface area contributed by atoms with Crippen LogP contribution in [0, 0.1) is 6.92 Å². The summed E-state index contributed by atoms with van der Waals surface area (Å²) in [7, 11) is 0. The van der Waals surface area contributed by atoms with Crippen LogP contribution in [0.5, 0.6) is 5.75 Å². The number of benzene rings is 2. The van der Waals surface area contributed by atoms with E-state index in [9.17, 15) is 4.79 Å². The number of hydrogen-bond donors (Lipinski definition) is 0. The highest BCUT2D eigenvalue weighted by molar-refractivity contribution is 7.17. The number of carbonyl (C=O) groups is 1. The highest BCUT2D eigenvalue weighted by Gasteiger charge is 2.24. The van der Waals surface area contributed by atoms with Gasteiger partial charge in [0.15, 0.2) is 0 Å². The zero-order valence-electron chi connectivity index (χ0n) is 18.6. The molecular weight excluding hydrogens is 422 g/mol. The lowest BCUT2D eigenvalue weighted by molar-refractivity contribution is 0.0391. The van der Waals surface area contributed by atoms with Crippen molar-refractivity contribution in [3.63, 3.8) is 0 Å². The van der Waals surface area contributed by atoms with Gasteiger partial charge in [-0.2, -0.15) is 0 Å². The molecule has 0 aliphatic carbocycles. The predicted octanol–water partition coefficient (Wildman–Crippen LogP) is 4.50. The van der Waals surface area contributed by atoms with Crippen LogP contribution in [0.15, 0.2) is 54.6 Å². The molecule has 1 aromatic heterocycles. The topological polar surface area (TPSA) is 54.9 Å². The molecule has 1 saturated heterocycles. The summed E-state index contributed by atoms with van der Waals surface area (Å²) in [5.41, 5.74) is 2.65. The molecule has 0 bridgehead atoms. The van der Waals surface area contributed by atoms with E-state index in [2.05, 4.69) is 4.90 Å². The molecular formula is C25H29N3O3S. The van der Waals surface area contributed by atoms with Crippen molar-refractivity contribution in [2.24, 2.45) is 0 Å². The largest absolute Gasteiger partial charge is 0.494 e. The summed E-state index contributed by atoms with van der Waals surface area (Å²) in [6.07, 6.45) is 0. The molecule has 32 heavy (non-hydrogen) atoms. The molecule has 0 spiro atoms. The molecule has 3 aromatic rings. The lowest BCUT2D eigenvalue weighted by Crippen LogP contribution is -2.43. The van der Waals surface area contributed by atoms with Crippen LogP contribution in [0.1, 0.15) is 22.3 Å². The first-order valence-corrected chi connectivity index (χ1v) is 11.8. The molecule has 7 heteroatoms. The van der Waals surface area contributed by atoms with E-state index in [0.29, 0.717) is 18.0 Å². The Balaban J connectivity index is 1.56. The van der Waals surface area contributed by atoms with Gasteiger partial charge in [0.1, 0.15) is 15.6 Å². The summed E-state index contributed by atoms with van der Waals surface area (Å²) in [5, 5.41) is 0.843. The zero-order valence-corrected chi connectivity index (χ0v) is 19.4. The van der Waals surface area contributed by atoms with Crippen LogP contribution in [0.3, 0.4) is 0 Å². The zero-order chi connectivity index (χ0) is 22.3. The Morgan fingerprint density at radius 2 is 1.84 bits per heavy atom. The van der Waals surface area contributed by atoms with Gasteiger partial charge in [-0.3, -0.25) is 9.69 Å². The quantitative estimate of drug-likeness (QED) is 0.505. The molecule has 0 saturated carbocycles. The Kier molecular flexibility index (Phi) is 7.52. The van der Waals surface area contributed by atoms with Crippen LogP contribution < -0.4 is 9.64 Å². The Morgan fingerprint density at radius 3 is 2.53 bits per heavy atom. The van der Waals surface area contributed by atoms with Crippen LogP contribution in [0.25, 0.3) is 10.6 Å². The van der Waals surface area contributed by atoms with E-state index in [4.69, 9.17) is 14.5 Å². The van der Waals surface area contributed by atoms with E-state index >= 15 is 0 Å². The molecule has 0 unspecified atom stereocenters. The molecule has 1 aliphatic heterocycles. The van der Waals surface area contributed by atoms with Gasteiger partial charge in [0, 0.05) is 37.4 Å². The number of nitrogens with zero attached hydrogens (tertiary/aromatic N) is 3. The summed E-state index contributed by atoms with van der Waals surface area (Å²) in [6.45, 7) is 9.24. The van der Waals surface area contributed by atoms with E-state index in [-0.39, 0.29) is 5.91 Å². The number of aromatic nitrogens is 1. The van der Waals surface area contributed by atoms with Gasteiger partial charge < -0.3 is 14.4 Å². The first kappa shape index (κ1) is 22.5. The number of hydrogen-bond acceptors (Lipinski definition) is 6. The number of thiazole rings is 1. The minimum absolute atomic E-state index is 0.00311. The van der Waals surface area contributed by atoms with Gasteiger partial charge in [0.05, 0.1) is 25.5 Å². The van der Waals surface area contributed by atoms with Gasteiger partial charge in [0.2, 0.25) is 0 Å². The van der Waals surface area contributed by atoms with Gasteiger partial charge in [-0.15, -0.1) is 11.3 Å². The van der Waals surface area contributed by atoms with Crippen LogP contribution in [-0.4, -0.2) is 61.8 Å². The van der Waals surface area contributed by atoms with Crippen LogP contribution in [0.2, 0.25) is 0 Å². The normalized spacial score (nSPS) is 14.3. The molecule has 0 atom stereocenters. The van der Waals surface area contributed by atoms with Gasteiger partial charge in [-0.1, -0.05) is 18.2 Å². The summed E-state index contributed by atoms with van der Waals surface area (Å²) in [4.78, 5) is 23.3. The number of rotatable bonds is 8. The maximum Gasteiger partial charge on any atom is 0.270 e. The molecule has 2 aromatic carbocycles. The third-order valence-corrected chi connectivity index (χ3v) is 6.65. The van der Waals surface area contributed by atoms with Gasteiger partial charge in [-0.25, -0.2) is 4.98 Å². The SMILES string of the molecule is CCOc1ccc(-c2nc(C)c(C(=O)N(CCN3CCOCC3)c3ccccc3)s2)cc1. The van der Waals surface area contributed by atoms with E-state index in [0.717, 1.165) is 60.5 Å². The van der Waals surface area contributed by atoms with Crippen molar-refractivity contribution in [2.75, 3.05) is 50.9 Å². The third kappa shape index (κ3) is 5.35. The third-order valence-electron chi connectivity index (χ3n) is 5.46. The number of anilines is 1. The van der Waals surface area contributed by atoms with Crippen LogP contribution in [-0.2, 0) is 4.74 Å². The fraction of sp³-hybridized carbons (Fsp3) is 0.360. The summed E-state index contributed by atoms with van der Waals surface area (Å²) in [5.74, 6) is 0.829. The predicted molar refractivity (Wildman–Crippen MR) is 129 cm³/mol. The van der Waals surface area contributed by atoms with E-state index in [1.165, 1.54) is 11.3 Å². The van der Waals surface area contributed by atoms with E-state index in [1.807, 2.05) is 73.3 Å². The number of aryl methyl sites for hydroxylation is 1. The number of morpholine rings is 1. The van der Waals surface area contributed by atoms with Crippen LogP contribution in [0.4, 0.5) is 5.69 Å². The first-order chi connectivity index (χ1) is 15.7. The average molecular weight is 452 g/mol. The molecule has 1 aliphatic rings. The number of para-hydroxylation sites is 1. The Labute approximate surface area is 193 Å². The van der Waals surface area contributed by atoms with Gasteiger partial charge >= 0.3 is 0 Å². The van der Waals surface area contributed by atoms with Gasteiger partial charge in [0.25, 0.3) is 5.91 Å². The fourth-order valence-electron chi connectivity index (χ4n) is 3.72. The van der Waals surface area contributed by atoms with Crippen molar-refractivity contribution in [2.45, 2.75) is 13.8 Å². The van der Waals surface area contributed by atoms with E-state index in [1.54, 1.807) is 0 Å². The molecule has 4 rings (SSSR count). The minimum Gasteiger partial charge on any atom is -0.494 e. The lowest BCUT2D eigenvalue weighted by atomic mass is 10.2. The molecule has 2 heterocycles. The number of amides is 1. The van der Waals surface area contributed by atoms with Crippen molar-refractivity contribution in [3.05, 3.63) is 65.2 Å². The summed E-state index contributed by atoms with van der Waals surface area (Å²) >= 11 is 1.45. The fourth-order valence-corrected chi connectivity index (χ4v) is 4.74. The molecule has 0 N–H and O–H groups in total. The highest BCUT2D eigenvalue weighted by atomic mass is 32.1. The van der Waals surface area contributed by atoms with Crippen molar-refractivity contribution in [1.29, 1.82) is 0 Å². The number of carbonyl (C=O) groups excluding carboxylic acids is 1. The number of ether oxygens (including phenoxy) is 2. The second-order valence-corrected chi connectivity index (χ2v) is 8.64. The average Bonchev–Trinajstić information content (AvgIpc) is 3.23. The van der Waals surface area contributed by atoms with E-state index < -0.39 is 0 Å². The smallest absolute Gasteiger partial charge is 0.270 e. The Morgan fingerprint density at radius 1 is 1.12 bits per heavy atom. The van der Waals surface area contributed by atoms with Crippen molar-refractivity contribution in [1.82, 2.24) is 9.88 Å². The first-order valence-electron chi connectivity index (χ1n) is 11.0. The Bertz CT molecular complexity index is 1010. The second kappa shape index (κ2) is 10.7. The Hall–Kier alpha value is -2.74. The molecule has 0 radical (unpaired) electrons. The molecule has 6 nitrogen and oxygen atoms in total. The molecule has 168 valence electrons. The van der Waals surface area contributed by atoms with Crippen molar-refractivity contribution in [3.8, 4) is 16.3 Å².